The smallest absolute Gasteiger partial charge is 0.226 e. The molecule has 2 aromatic rings. The highest BCUT2D eigenvalue weighted by Gasteiger charge is 2.21. The quantitative estimate of drug-likeness (QED) is 0.318. The summed E-state index contributed by atoms with van der Waals surface area (Å²) in [5.41, 5.74) is 3.05. The Balaban J connectivity index is 0.00000320. The Labute approximate surface area is 198 Å². The van der Waals surface area contributed by atoms with Crippen LogP contribution in [0.25, 0.3) is 11.5 Å². The maximum atomic E-state index is 5.65. The summed E-state index contributed by atoms with van der Waals surface area (Å²) in [6.45, 7) is 13.4. The fraction of sp³-hybridized carbons (Fsp3) is 0.565. The van der Waals surface area contributed by atoms with Crippen LogP contribution in [0.15, 0.2) is 39.9 Å². The highest BCUT2D eigenvalue weighted by atomic mass is 127. The van der Waals surface area contributed by atoms with E-state index in [1.807, 2.05) is 12.1 Å². The van der Waals surface area contributed by atoms with E-state index in [4.69, 9.17) is 9.41 Å². The Morgan fingerprint density at radius 1 is 1.27 bits per heavy atom. The van der Waals surface area contributed by atoms with E-state index in [0.717, 1.165) is 36.9 Å². The topological polar surface area (TPSA) is 65.7 Å². The lowest BCUT2D eigenvalue weighted by atomic mass is 9.97. The van der Waals surface area contributed by atoms with Crippen LogP contribution < -0.4 is 10.6 Å². The molecule has 1 saturated heterocycles. The second kappa shape index (κ2) is 12.3. The van der Waals surface area contributed by atoms with Gasteiger partial charge in [-0.3, -0.25) is 0 Å². The number of oxazole rings is 1. The molecule has 1 unspecified atom stereocenters. The summed E-state index contributed by atoms with van der Waals surface area (Å²) in [5, 5.41) is 6.86. The molecule has 0 saturated carbocycles. The zero-order valence-corrected chi connectivity index (χ0v) is 21.0. The first-order chi connectivity index (χ1) is 14.0. The van der Waals surface area contributed by atoms with Crippen LogP contribution >= 0.6 is 24.0 Å². The normalized spacial score (nSPS) is 17.6. The number of aryl methyl sites for hydroxylation is 1. The Kier molecular flexibility index (Phi) is 10.1. The van der Waals surface area contributed by atoms with Gasteiger partial charge >= 0.3 is 0 Å². The Bertz CT molecular complexity index is 787. The van der Waals surface area contributed by atoms with Crippen molar-refractivity contribution in [3.8, 4) is 11.5 Å². The van der Waals surface area contributed by atoms with Crippen molar-refractivity contribution in [1.29, 1.82) is 0 Å². The van der Waals surface area contributed by atoms with Crippen LogP contribution in [0.5, 0.6) is 0 Å². The number of nitrogens with one attached hydrogen (secondary N) is 2. The summed E-state index contributed by atoms with van der Waals surface area (Å²) in [7, 11) is 0. The van der Waals surface area contributed by atoms with Crippen molar-refractivity contribution < 1.29 is 4.42 Å². The van der Waals surface area contributed by atoms with Crippen molar-refractivity contribution in [2.24, 2.45) is 10.9 Å². The molecule has 3 rings (SSSR count). The minimum absolute atomic E-state index is 0. The highest BCUT2D eigenvalue weighted by Crippen LogP contribution is 2.20. The summed E-state index contributed by atoms with van der Waals surface area (Å²) in [4.78, 5) is 11.9. The average molecular weight is 525 g/mol. The molecule has 0 bridgehead atoms. The molecule has 30 heavy (non-hydrogen) atoms. The van der Waals surface area contributed by atoms with Crippen LogP contribution in [-0.4, -0.2) is 48.1 Å². The predicted octanol–water partition coefficient (Wildman–Crippen LogP) is 4.44. The van der Waals surface area contributed by atoms with Crippen molar-refractivity contribution in [2.45, 2.75) is 53.1 Å². The second-order valence-electron chi connectivity index (χ2n) is 8.18. The summed E-state index contributed by atoms with van der Waals surface area (Å²) in [6, 6.07) is 8.82. The molecule has 1 atom stereocenters. The van der Waals surface area contributed by atoms with Gasteiger partial charge in [0.2, 0.25) is 5.89 Å². The number of hydrogen-bond donors (Lipinski definition) is 2. The van der Waals surface area contributed by atoms with Crippen LogP contribution in [0, 0.1) is 12.8 Å². The van der Waals surface area contributed by atoms with Gasteiger partial charge in [0.15, 0.2) is 5.96 Å². The van der Waals surface area contributed by atoms with Crippen molar-refractivity contribution in [1.82, 2.24) is 20.5 Å². The zero-order chi connectivity index (χ0) is 20.6. The Morgan fingerprint density at radius 2 is 2.03 bits per heavy atom. The van der Waals surface area contributed by atoms with Gasteiger partial charge in [0.05, 0.1) is 6.54 Å². The first kappa shape index (κ1) is 24.7. The van der Waals surface area contributed by atoms with E-state index >= 15 is 0 Å². The molecule has 1 fully saturated rings. The van der Waals surface area contributed by atoms with E-state index < -0.39 is 0 Å². The molecule has 1 aliphatic heterocycles. The van der Waals surface area contributed by atoms with Gasteiger partial charge in [0.25, 0.3) is 0 Å². The third-order valence-corrected chi connectivity index (χ3v) is 5.43. The van der Waals surface area contributed by atoms with Gasteiger partial charge in [-0.2, -0.15) is 0 Å². The summed E-state index contributed by atoms with van der Waals surface area (Å²) < 4.78 is 5.65. The number of likely N-dealkylation sites (tertiary alicyclic amines) is 1. The van der Waals surface area contributed by atoms with Crippen LogP contribution in [0.2, 0.25) is 0 Å². The van der Waals surface area contributed by atoms with Gasteiger partial charge in [-0.25, -0.2) is 9.98 Å². The molecule has 2 N–H and O–H groups in total. The lowest BCUT2D eigenvalue weighted by Gasteiger charge is -2.35. The fourth-order valence-corrected chi connectivity index (χ4v) is 3.68. The number of piperidine rings is 1. The molecule has 0 amide bonds. The van der Waals surface area contributed by atoms with E-state index in [1.165, 1.54) is 24.9 Å². The van der Waals surface area contributed by atoms with E-state index in [1.54, 1.807) is 6.26 Å². The molecular weight excluding hydrogens is 489 g/mol. The van der Waals surface area contributed by atoms with Crippen molar-refractivity contribution in [2.75, 3.05) is 26.2 Å². The number of rotatable bonds is 7. The molecule has 6 nitrogen and oxygen atoms in total. The zero-order valence-electron chi connectivity index (χ0n) is 18.6. The van der Waals surface area contributed by atoms with Crippen LogP contribution in [0.4, 0.5) is 0 Å². The molecule has 0 aliphatic carbocycles. The first-order valence-electron chi connectivity index (χ1n) is 10.8. The minimum atomic E-state index is 0. The standard InChI is InChI=1S/C23H35N5O.HI/c1-5-24-23(25-13-19-7-6-12-28(15-19)17(2)3)26-14-21-16-29-22(27-21)20-10-8-18(4)9-11-20;/h8-11,16-17,19H,5-7,12-15H2,1-4H3,(H2,24,25,26);1H. The highest BCUT2D eigenvalue weighted by molar-refractivity contribution is 14.0. The molecule has 166 valence electrons. The number of aromatic nitrogens is 1. The summed E-state index contributed by atoms with van der Waals surface area (Å²) in [5.74, 6) is 2.15. The number of guanidine groups is 1. The first-order valence-corrected chi connectivity index (χ1v) is 10.8. The number of aliphatic imine (C=N–C) groups is 1. The second-order valence-corrected chi connectivity index (χ2v) is 8.18. The molecule has 2 heterocycles. The average Bonchev–Trinajstić information content (AvgIpc) is 3.20. The SMILES string of the molecule is CCNC(=NCc1coc(-c2ccc(C)cc2)n1)NCC1CCCN(C(C)C)C1.I. The van der Waals surface area contributed by atoms with Gasteiger partial charge in [0, 0.05) is 31.2 Å². The molecule has 0 spiro atoms. The van der Waals surface area contributed by atoms with E-state index in [-0.39, 0.29) is 24.0 Å². The fourth-order valence-electron chi connectivity index (χ4n) is 3.68. The maximum absolute atomic E-state index is 5.65. The molecule has 1 aromatic heterocycles. The van der Waals surface area contributed by atoms with Gasteiger partial charge in [-0.1, -0.05) is 17.7 Å². The molecular formula is C23H36IN5O. The van der Waals surface area contributed by atoms with Gasteiger partial charge in [0.1, 0.15) is 12.0 Å². The lowest BCUT2D eigenvalue weighted by molar-refractivity contribution is 0.141. The molecule has 0 radical (unpaired) electrons. The lowest BCUT2D eigenvalue weighted by Crippen LogP contribution is -2.46. The number of halogens is 1. The number of hydrogen-bond acceptors (Lipinski definition) is 4. The number of benzene rings is 1. The molecule has 1 aromatic carbocycles. The Morgan fingerprint density at radius 3 is 2.73 bits per heavy atom. The molecule has 1 aliphatic rings. The summed E-state index contributed by atoms with van der Waals surface area (Å²) in [6.07, 6.45) is 4.25. The van der Waals surface area contributed by atoms with E-state index in [9.17, 15) is 0 Å². The van der Waals surface area contributed by atoms with Crippen LogP contribution in [0.1, 0.15) is 44.9 Å². The van der Waals surface area contributed by atoms with Crippen LogP contribution in [0.3, 0.4) is 0 Å². The largest absolute Gasteiger partial charge is 0.444 e. The Hall–Kier alpha value is -1.61. The van der Waals surface area contributed by atoms with Gasteiger partial charge in [-0.15, -0.1) is 24.0 Å². The monoisotopic (exact) mass is 525 g/mol. The minimum Gasteiger partial charge on any atom is -0.444 e. The van der Waals surface area contributed by atoms with Crippen molar-refractivity contribution >= 4 is 29.9 Å². The van der Waals surface area contributed by atoms with E-state index in [2.05, 4.69) is 60.3 Å². The van der Waals surface area contributed by atoms with Crippen molar-refractivity contribution in [3.63, 3.8) is 0 Å². The van der Waals surface area contributed by atoms with Crippen molar-refractivity contribution in [3.05, 3.63) is 41.8 Å². The predicted molar refractivity (Wildman–Crippen MR) is 134 cm³/mol. The van der Waals surface area contributed by atoms with Gasteiger partial charge < -0.3 is 20.0 Å². The number of nitrogens with zero attached hydrogens (tertiary/aromatic N) is 3. The maximum Gasteiger partial charge on any atom is 0.226 e. The third kappa shape index (κ3) is 7.27. The van der Waals surface area contributed by atoms with Crippen LogP contribution in [-0.2, 0) is 6.54 Å². The third-order valence-electron chi connectivity index (χ3n) is 5.43. The molecule has 7 heteroatoms. The van der Waals surface area contributed by atoms with E-state index in [0.29, 0.717) is 24.4 Å². The van der Waals surface area contributed by atoms with Gasteiger partial charge in [-0.05, 0) is 65.1 Å². The summed E-state index contributed by atoms with van der Waals surface area (Å²) >= 11 is 0.